The number of aromatic amines is 1. The van der Waals surface area contributed by atoms with Gasteiger partial charge in [-0.15, -0.1) is 0 Å². The zero-order valence-corrected chi connectivity index (χ0v) is 15.8. The molecule has 2 aromatic carbocycles. The number of carbonyl (C=O) groups excluding carboxylic acids is 1. The van der Waals surface area contributed by atoms with Crippen molar-refractivity contribution in [2.24, 2.45) is 7.05 Å². The third-order valence-corrected chi connectivity index (χ3v) is 5.39. The molecule has 0 saturated carbocycles. The second-order valence-electron chi connectivity index (χ2n) is 6.63. The Kier molecular flexibility index (Phi) is 4.00. The molecule has 25 heavy (non-hydrogen) atoms. The Morgan fingerprint density at radius 1 is 1.20 bits per heavy atom. The average Bonchev–Trinajstić information content (AvgIpc) is 3.16. The van der Waals surface area contributed by atoms with Crippen molar-refractivity contribution in [2.75, 3.05) is 0 Å². The van der Waals surface area contributed by atoms with E-state index in [9.17, 15) is 4.79 Å². The number of aromatic nitrogens is 2. The minimum absolute atomic E-state index is 0.148. The van der Waals surface area contributed by atoms with Crippen molar-refractivity contribution in [3.8, 4) is 0 Å². The molecule has 4 aromatic rings. The Balaban J connectivity index is 1.66. The number of benzene rings is 2. The first-order valence-electron chi connectivity index (χ1n) is 8.38. The summed E-state index contributed by atoms with van der Waals surface area (Å²) in [4.78, 5) is 16.3. The van der Waals surface area contributed by atoms with Gasteiger partial charge in [-0.2, -0.15) is 0 Å². The first-order valence-corrected chi connectivity index (χ1v) is 9.17. The van der Waals surface area contributed by atoms with Gasteiger partial charge in [0.1, 0.15) is 0 Å². The zero-order valence-electron chi connectivity index (χ0n) is 14.2. The van der Waals surface area contributed by atoms with Gasteiger partial charge in [0.2, 0.25) is 0 Å². The maximum atomic E-state index is 12.9. The number of halogens is 1. The highest BCUT2D eigenvalue weighted by molar-refractivity contribution is 9.10. The number of fused-ring (bicyclic) bond motifs is 2. The number of hydrogen-bond acceptors (Lipinski definition) is 1. The molecule has 1 unspecified atom stereocenters. The molecule has 3 nitrogen and oxygen atoms in total. The zero-order chi connectivity index (χ0) is 17.6. The van der Waals surface area contributed by atoms with Crippen LogP contribution >= 0.6 is 15.9 Å². The smallest absolute Gasteiger partial charge is 0.165 e. The van der Waals surface area contributed by atoms with E-state index >= 15 is 0 Å². The summed E-state index contributed by atoms with van der Waals surface area (Å²) in [5.41, 5.74) is 4.19. The fraction of sp³-hybridized carbons (Fsp3) is 0.190. The van der Waals surface area contributed by atoms with Gasteiger partial charge in [-0.3, -0.25) is 4.79 Å². The number of carbonyl (C=O) groups is 1. The maximum Gasteiger partial charge on any atom is 0.165 e. The van der Waals surface area contributed by atoms with E-state index in [1.54, 1.807) is 0 Å². The summed E-state index contributed by atoms with van der Waals surface area (Å²) >= 11 is 3.53. The second-order valence-corrected chi connectivity index (χ2v) is 7.55. The van der Waals surface area contributed by atoms with Crippen LogP contribution in [0.5, 0.6) is 0 Å². The van der Waals surface area contributed by atoms with Gasteiger partial charge < -0.3 is 9.55 Å². The number of para-hydroxylation sites is 1. The molecule has 0 aliphatic heterocycles. The Bertz CT molecular complexity index is 1090. The van der Waals surface area contributed by atoms with E-state index in [0.717, 1.165) is 26.5 Å². The summed E-state index contributed by atoms with van der Waals surface area (Å²) in [6.07, 6.45) is 4.47. The van der Waals surface area contributed by atoms with Crippen LogP contribution < -0.4 is 0 Å². The second kappa shape index (κ2) is 6.19. The summed E-state index contributed by atoms with van der Waals surface area (Å²) in [5.74, 6) is 0.336. The monoisotopic (exact) mass is 394 g/mol. The Hall–Kier alpha value is -2.33. The highest BCUT2D eigenvalue weighted by Crippen LogP contribution is 2.31. The van der Waals surface area contributed by atoms with Crippen LogP contribution in [0.4, 0.5) is 0 Å². The fourth-order valence-electron chi connectivity index (χ4n) is 3.58. The van der Waals surface area contributed by atoms with Crippen molar-refractivity contribution in [2.45, 2.75) is 19.3 Å². The molecule has 1 atom stereocenters. The van der Waals surface area contributed by atoms with Crippen molar-refractivity contribution >= 4 is 43.5 Å². The normalized spacial score (nSPS) is 12.8. The van der Waals surface area contributed by atoms with Crippen LogP contribution in [0.15, 0.2) is 59.3 Å². The van der Waals surface area contributed by atoms with E-state index < -0.39 is 0 Å². The Morgan fingerprint density at radius 2 is 2.00 bits per heavy atom. The van der Waals surface area contributed by atoms with E-state index in [1.165, 1.54) is 10.9 Å². The third kappa shape index (κ3) is 2.81. The highest BCUT2D eigenvalue weighted by atomic mass is 79.9. The summed E-state index contributed by atoms with van der Waals surface area (Å²) in [7, 11) is 1.99. The van der Waals surface area contributed by atoms with Crippen LogP contribution in [0.1, 0.15) is 35.2 Å². The molecule has 0 radical (unpaired) electrons. The van der Waals surface area contributed by atoms with Gasteiger partial charge in [-0.25, -0.2) is 0 Å². The van der Waals surface area contributed by atoms with Gasteiger partial charge in [0.15, 0.2) is 5.78 Å². The van der Waals surface area contributed by atoms with Crippen LogP contribution in [0.25, 0.3) is 21.8 Å². The van der Waals surface area contributed by atoms with Gasteiger partial charge in [0.25, 0.3) is 0 Å². The Labute approximate surface area is 154 Å². The van der Waals surface area contributed by atoms with E-state index in [4.69, 9.17) is 0 Å². The molecule has 1 N–H and O–H groups in total. The molecule has 0 saturated heterocycles. The van der Waals surface area contributed by atoms with Crippen LogP contribution in [0.3, 0.4) is 0 Å². The summed E-state index contributed by atoms with van der Waals surface area (Å²) < 4.78 is 3.07. The van der Waals surface area contributed by atoms with E-state index in [2.05, 4.69) is 40.0 Å². The number of Topliss-reactive ketones (excluding diaryl/α,β-unsaturated/α-hetero) is 1. The standard InChI is InChI=1S/C21H19BrN2O/c1-13(17-11-23-19-8-7-14(22)10-16(17)19)9-21(25)18-12-24(2)20-6-4-3-5-15(18)20/h3-8,10-13,23H,9H2,1-2H3. The predicted octanol–water partition coefficient (Wildman–Crippen LogP) is 5.80. The lowest BCUT2D eigenvalue weighted by Gasteiger charge is -2.10. The molecule has 2 aromatic heterocycles. The van der Waals surface area contributed by atoms with Gasteiger partial charge in [-0.1, -0.05) is 41.1 Å². The van der Waals surface area contributed by atoms with Crippen molar-refractivity contribution in [3.63, 3.8) is 0 Å². The molecule has 126 valence electrons. The van der Waals surface area contributed by atoms with Crippen molar-refractivity contribution in [1.29, 1.82) is 0 Å². The maximum absolute atomic E-state index is 12.9. The third-order valence-electron chi connectivity index (χ3n) is 4.90. The fourth-order valence-corrected chi connectivity index (χ4v) is 3.95. The number of rotatable bonds is 4. The van der Waals surface area contributed by atoms with Gasteiger partial charge in [0.05, 0.1) is 0 Å². The van der Waals surface area contributed by atoms with E-state index in [1.807, 2.05) is 54.3 Å². The quantitative estimate of drug-likeness (QED) is 0.436. The first-order chi connectivity index (χ1) is 12.0. The number of H-pyrrole nitrogens is 1. The lowest BCUT2D eigenvalue weighted by molar-refractivity contribution is 0.0977. The summed E-state index contributed by atoms with van der Waals surface area (Å²) in [5, 5.41) is 2.21. The number of ketones is 1. The molecule has 0 fully saturated rings. The number of aryl methyl sites for hydroxylation is 1. The molecule has 0 bridgehead atoms. The number of nitrogens with zero attached hydrogens (tertiary/aromatic N) is 1. The number of hydrogen-bond donors (Lipinski definition) is 1. The van der Waals surface area contributed by atoms with E-state index in [-0.39, 0.29) is 11.7 Å². The molecule has 4 rings (SSSR count). The van der Waals surface area contributed by atoms with Gasteiger partial charge in [-0.05, 0) is 35.7 Å². The molecule has 0 spiro atoms. The van der Waals surface area contributed by atoms with Crippen LogP contribution in [-0.4, -0.2) is 15.3 Å². The molecule has 4 heteroatoms. The molecular weight excluding hydrogens is 376 g/mol. The average molecular weight is 395 g/mol. The molecule has 2 heterocycles. The Morgan fingerprint density at radius 3 is 2.84 bits per heavy atom. The van der Waals surface area contributed by atoms with Crippen molar-refractivity contribution < 1.29 is 4.79 Å². The van der Waals surface area contributed by atoms with Gasteiger partial charge in [0, 0.05) is 57.7 Å². The van der Waals surface area contributed by atoms with Crippen LogP contribution in [0, 0.1) is 0 Å². The first kappa shape index (κ1) is 16.2. The molecule has 0 aliphatic carbocycles. The van der Waals surface area contributed by atoms with Crippen molar-refractivity contribution in [3.05, 3.63) is 70.5 Å². The topological polar surface area (TPSA) is 37.8 Å². The van der Waals surface area contributed by atoms with Gasteiger partial charge >= 0.3 is 0 Å². The lowest BCUT2D eigenvalue weighted by atomic mass is 9.93. The summed E-state index contributed by atoms with van der Waals surface area (Å²) in [6.45, 7) is 2.12. The summed E-state index contributed by atoms with van der Waals surface area (Å²) in [6, 6.07) is 14.3. The van der Waals surface area contributed by atoms with Crippen LogP contribution in [0.2, 0.25) is 0 Å². The minimum Gasteiger partial charge on any atom is -0.361 e. The molecular formula is C21H19BrN2O. The van der Waals surface area contributed by atoms with Crippen LogP contribution in [-0.2, 0) is 7.05 Å². The van der Waals surface area contributed by atoms with E-state index in [0.29, 0.717) is 6.42 Å². The van der Waals surface area contributed by atoms with Crippen molar-refractivity contribution in [1.82, 2.24) is 9.55 Å². The predicted molar refractivity (Wildman–Crippen MR) is 106 cm³/mol. The number of nitrogens with one attached hydrogen (secondary N) is 1. The molecule has 0 aliphatic rings. The lowest BCUT2D eigenvalue weighted by Crippen LogP contribution is -2.04. The molecule has 0 amide bonds. The minimum atomic E-state index is 0.148. The highest BCUT2D eigenvalue weighted by Gasteiger charge is 2.19. The largest absolute Gasteiger partial charge is 0.361 e. The SMILES string of the molecule is CC(CC(=O)c1cn(C)c2ccccc12)c1c[nH]c2ccc(Br)cc12.